The number of benzene rings is 2. The van der Waals surface area contributed by atoms with Gasteiger partial charge in [-0.15, -0.1) is 0 Å². The monoisotopic (exact) mass is 491 g/mol. The predicted octanol–water partition coefficient (Wildman–Crippen LogP) is 5.06. The molecule has 30 heavy (non-hydrogen) atoms. The van der Waals surface area contributed by atoms with Gasteiger partial charge in [-0.05, 0) is 64.3 Å². The van der Waals surface area contributed by atoms with Crippen molar-refractivity contribution in [2.45, 2.75) is 13.8 Å². The van der Waals surface area contributed by atoms with Gasteiger partial charge in [0.1, 0.15) is 0 Å². The van der Waals surface area contributed by atoms with Gasteiger partial charge in [0, 0.05) is 23.1 Å². The summed E-state index contributed by atoms with van der Waals surface area (Å²) in [6, 6.07) is 11.3. The molecule has 1 aromatic heterocycles. The molecule has 0 radical (unpaired) electrons. The van der Waals surface area contributed by atoms with E-state index in [0.29, 0.717) is 42.0 Å². The molecule has 0 aliphatic carbocycles. The summed E-state index contributed by atoms with van der Waals surface area (Å²) >= 11 is 5.01. The number of thiazole rings is 1. The third-order valence-corrected chi connectivity index (χ3v) is 5.91. The van der Waals surface area contributed by atoms with Crippen molar-refractivity contribution in [1.29, 1.82) is 0 Å². The first-order valence-corrected chi connectivity index (χ1v) is 11.5. The lowest BCUT2D eigenvalue weighted by molar-refractivity contribution is 0.0984. The smallest absolute Gasteiger partial charge is 0.260 e. The van der Waals surface area contributed by atoms with Crippen molar-refractivity contribution in [2.24, 2.45) is 0 Å². The highest BCUT2D eigenvalue weighted by Gasteiger charge is 2.23. The molecule has 6 nitrogen and oxygen atoms in total. The van der Waals surface area contributed by atoms with Gasteiger partial charge in [-0.25, -0.2) is 4.98 Å². The minimum Gasteiger partial charge on any atom is -0.490 e. The molecule has 3 rings (SSSR count). The molecule has 2 aromatic carbocycles. The largest absolute Gasteiger partial charge is 0.490 e. The van der Waals surface area contributed by atoms with Crippen LogP contribution in [0.1, 0.15) is 24.2 Å². The summed E-state index contributed by atoms with van der Waals surface area (Å²) in [6.45, 7) is 6.11. The van der Waals surface area contributed by atoms with Gasteiger partial charge in [0.05, 0.1) is 23.4 Å². The fraction of sp³-hybridized carbons (Fsp3) is 0.364. The highest BCUT2D eigenvalue weighted by atomic mass is 79.9. The van der Waals surface area contributed by atoms with Crippen molar-refractivity contribution in [2.75, 3.05) is 45.3 Å². The Balaban J connectivity index is 1.98. The first-order valence-electron chi connectivity index (χ1n) is 9.85. The molecule has 0 fully saturated rings. The Bertz CT molecular complexity index is 1020. The molecule has 1 amide bonds. The Morgan fingerprint density at radius 2 is 1.77 bits per heavy atom. The van der Waals surface area contributed by atoms with Crippen LogP contribution in [-0.4, -0.2) is 56.2 Å². The summed E-state index contributed by atoms with van der Waals surface area (Å²) in [5.41, 5.74) is 1.42. The lowest BCUT2D eigenvalue weighted by Crippen LogP contribution is -2.36. The predicted molar refractivity (Wildman–Crippen MR) is 126 cm³/mol. The number of aromatic nitrogens is 1. The van der Waals surface area contributed by atoms with Crippen LogP contribution in [0.2, 0.25) is 0 Å². The number of hydrogen-bond acceptors (Lipinski definition) is 6. The van der Waals surface area contributed by atoms with Crippen LogP contribution in [0.4, 0.5) is 5.13 Å². The lowest BCUT2D eigenvalue weighted by atomic mass is 10.1. The fourth-order valence-corrected chi connectivity index (χ4v) is 4.47. The van der Waals surface area contributed by atoms with Crippen LogP contribution < -0.4 is 14.4 Å². The van der Waals surface area contributed by atoms with Crippen LogP contribution in [0.5, 0.6) is 11.5 Å². The van der Waals surface area contributed by atoms with Crippen molar-refractivity contribution in [3.63, 3.8) is 0 Å². The molecule has 0 spiro atoms. The van der Waals surface area contributed by atoms with E-state index in [4.69, 9.17) is 14.5 Å². The zero-order valence-corrected chi connectivity index (χ0v) is 20.0. The molecule has 0 saturated carbocycles. The van der Waals surface area contributed by atoms with Gasteiger partial charge < -0.3 is 14.4 Å². The van der Waals surface area contributed by atoms with Gasteiger partial charge >= 0.3 is 0 Å². The summed E-state index contributed by atoms with van der Waals surface area (Å²) in [6.07, 6.45) is 0. The van der Waals surface area contributed by atoms with Gasteiger partial charge in [-0.2, -0.15) is 0 Å². The normalized spacial score (nSPS) is 11.1. The second-order valence-corrected chi connectivity index (χ2v) is 8.82. The minimum absolute atomic E-state index is 0.112. The van der Waals surface area contributed by atoms with Crippen LogP contribution in [0, 0.1) is 0 Å². The third kappa shape index (κ3) is 5.30. The molecule has 0 atom stereocenters. The molecular formula is C22H26BrN3O3S. The number of carbonyl (C=O) groups is 1. The van der Waals surface area contributed by atoms with Gasteiger partial charge in [0.2, 0.25) is 0 Å². The van der Waals surface area contributed by atoms with Crippen molar-refractivity contribution in [1.82, 2.24) is 9.88 Å². The fourth-order valence-electron chi connectivity index (χ4n) is 2.93. The first-order chi connectivity index (χ1) is 14.4. The molecule has 0 saturated heterocycles. The molecular weight excluding hydrogens is 466 g/mol. The van der Waals surface area contributed by atoms with E-state index in [1.807, 2.05) is 51.0 Å². The number of ether oxygens (including phenoxy) is 2. The second-order valence-electron chi connectivity index (χ2n) is 6.90. The van der Waals surface area contributed by atoms with E-state index < -0.39 is 0 Å². The zero-order chi connectivity index (χ0) is 21.7. The SMILES string of the molecule is CCOc1ccc(C(=O)N(CCN(C)C)c2nc3ccc(Br)cc3s2)cc1OCC. The Labute approximate surface area is 189 Å². The average molecular weight is 492 g/mol. The summed E-state index contributed by atoms with van der Waals surface area (Å²) < 4.78 is 13.4. The summed E-state index contributed by atoms with van der Waals surface area (Å²) in [5.74, 6) is 1.10. The Hall–Kier alpha value is -2.16. The molecule has 1 heterocycles. The Kier molecular flexibility index (Phi) is 7.69. The average Bonchev–Trinajstić information content (AvgIpc) is 3.12. The summed E-state index contributed by atoms with van der Waals surface area (Å²) in [5, 5.41) is 0.682. The van der Waals surface area contributed by atoms with E-state index in [9.17, 15) is 4.79 Å². The first kappa shape index (κ1) is 22.5. The molecule has 8 heteroatoms. The van der Waals surface area contributed by atoms with Crippen LogP contribution in [0.15, 0.2) is 40.9 Å². The van der Waals surface area contributed by atoms with E-state index >= 15 is 0 Å². The highest BCUT2D eigenvalue weighted by Crippen LogP contribution is 2.33. The number of carbonyl (C=O) groups excluding carboxylic acids is 1. The molecule has 0 aliphatic heterocycles. The number of likely N-dealkylation sites (N-methyl/N-ethyl adjacent to an activating group) is 1. The van der Waals surface area contributed by atoms with E-state index in [0.717, 1.165) is 21.2 Å². The number of anilines is 1. The van der Waals surface area contributed by atoms with Gasteiger partial charge in [0.15, 0.2) is 16.6 Å². The van der Waals surface area contributed by atoms with Crippen molar-refractivity contribution < 1.29 is 14.3 Å². The maximum absolute atomic E-state index is 13.5. The number of halogens is 1. The molecule has 0 N–H and O–H groups in total. The molecule has 0 bridgehead atoms. The van der Waals surface area contributed by atoms with Crippen LogP contribution in [-0.2, 0) is 0 Å². The molecule has 0 aliphatic rings. The Morgan fingerprint density at radius 3 is 2.47 bits per heavy atom. The zero-order valence-electron chi connectivity index (χ0n) is 17.6. The quantitative estimate of drug-likeness (QED) is 0.418. The third-order valence-electron chi connectivity index (χ3n) is 4.38. The Morgan fingerprint density at radius 1 is 1.03 bits per heavy atom. The van der Waals surface area contributed by atoms with Crippen LogP contribution in [0.25, 0.3) is 10.2 Å². The van der Waals surface area contributed by atoms with E-state index in [2.05, 4.69) is 15.9 Å². The molecule has 0 unspecified atom stereocenters. The van der Waals surface area contributed by atoms with Gasteiger partial charge in [-0.3, -0.25) is 9.69 Å². The topological polar surface area (TPSA) is 54.9 Å². The standard InChI is InChI=1S/C22H26BrN3O3S/c1-5-28-18-10-7-15(13-19(18)29-6-2)21(27)26(12-11-25(3)4)22-24-17-9-8-16(23)14-20(17)30-22/h7-10,13-14H,5-6,11-12H2,1-4H3. The van der Waals surface area contributed by atoms with Crippen molar-refractivity contribution in [3.8, 4) is 11.5 Å². The lowest BCUT2D eigenvalue weighted by Gasteiger charge is -2.22. The van der Waals surface area contributed by atoms with Crippen LogP contribution >= 0.6 is 27.3 Å². The summed E-state index contributed by atoms with van der Waals surface area (Å²) in [7, 11) is 3.98. The number of hydrogen-bond donors (Lipinski definition) is 0. The molecule has 160 valence electrons. The maximum Gasteiger partial charge on any atom is 0.260 e. The number of nitrogens with zero attached hydrogens (tertiary/aromatic N) is 3. The number of amides is 1. The summed E-state index contributed by atoms with van der Waals surface area (Å²) in [4.78, 5) is 22.0. The number of rotatable bonds is 9. The maximum atomic E-state index is 13.5. The molecule has 3 aromatic rings. The minimum atomic E-state index is -0.112. The van der Waals surface area contributed by atoms with E-state index in [-0.39, 0.29) is 5.91 Å². The second kappa shape index (κ2) is 10.2. The van der Waals surface area contributed by atoms with Gasteiger partial charge in [-0.1, -0.05) is 27.3 Å². The highest BCUT2D eigenvalue weighted by molar-refractivity contribution is 9.10. The van der Waals surface area contributed by atoms with Crippen molar-refractivity contribution >= 4 is 48.5 Å². The number of fused-ring (bicyclic) bond motifs is 1. The van der Waals surface area contributed by atoms with Crippen molar-refractivity contribution in [3.05, 3.63) is 46.4 Å². The van der Waals surface area contributed by atoms with E-state index in [1.54, 1.807) is 23.1 Å². The van der Waals surface area contributed by atoms with E-state index in [1.165, 1.54) is 11.3 Å². The van der Waals surface area contributed by atoms with Crippen LogP contribution in [0.3, 0.4) is 0 Å². The van der Waals surface area contributed by atoms with Gasteiger partial charge in [0.25, 0.3) is 5.91 Å².